The number of unbranched alkanes of at least 4 members (excludes halogenated alkanes) is 13. The predicted octanol–water partition coefficient (Wildman–Crippen LogP) is 5.65. The van der Waals surface area contributed by atoms with Crippen LogP contribution in [0, 0.1) is 0 Å². The number of esters is 3. The monoisotopic (exact) mass is 518 g/mol. The van der Waals surface area contributed by atoms with Crippen molar-refractivity contribution in [2.24, 2.45) is 0 Å². The fourth-order valence-electron chi connectivity index (χ4n) is 3.68. The van der Waals surface area contributed by atoms with Crippen LogP contribution in [0.2, 0.25) is 0 Å². The summed E-state index contributed by atoms with van der Waals surface area (Å²) >= 11 is 0. The average molecular weight is 519 g/mol. The SMILES string of the molecule is CCCCCCCCCCCCCCCCO.CCOC(=O)CC(O)(CC(=O)OCC)C(=O)OCC. The van der Waals surface area contributed by atoms with E-state index in [9.17, 15) is 19.5 Å². The quantitative estimate of drug-likeness (QED) is 0.107. The number of aliphatic hydroxyl groups excluding tert-OH is 1. The van der Waals surface area contributed by atoms with Gasteiger partial charge in [-0.05, 0) is 27.2 Å². The van der Waals surface area contributed by atoms with Crippen molar-refractivity contribution in [1.82, 2.24) is 0 Å². The maximum atomic E-state index is 11.7. The van der Waals surface area contributed by atoms with Gasteiger partial charge < -0.3 is 24.4 Å². The minimum absolute atomic E-state index is 0.0206. The molecular formula is C28H54O8. The first kappa shape index (κ1) is 36.5. The number of hydrogen-bond acceptors (Lipinski definition) is 8. The molecule has 0 saturated heterocycles. The molecule has 0 aliphatic carbocycles. The first-order valence-corrected chi connectivity index (χ1v) is 14.1. The number of carbonyl (C=O) groups is 3. The summed E-state index contributed by atoms with van der Waals surface area (Å²) in [7, 11) is 0. The molecule has 36 heavy (non-hydrogen) atoms. The van der Waals surface area contributed by atoms with Crippen molar-refractivity contribution in [3.63, 3.8) is 0 Å². The smallest absolute Gasteiger partial charge is 0.339 e. The van der Waals surface area contributed by atoms with Gasteiger partial charge in [0.15, 0.2) is 5.60 Å². The van der Waals surface area contributed by atoms with Gasteiger partial charge in [0, 0.05) is 6.61 Å². The van der Waals surface area contributed by atoms with Crippen molar-refractivity contribution in [2.75, 3.05) is 26.4 Å². The molecule has 0 aliphatic heterocycles. The van der Waals surface area contributed by atoms with Crippen LogP contribution in [-0.4, -0.2) is 60.1 Å². The zero-order valence-corrected chi connectivity index (χ0v) is 23.5. The van der Waals surface area contributed by atoms with Gasteiger partial charge in [-0.15, -0.1) is 0 Å². The van der Waals surface area contributed by atoms with E-state index in [4.69, 9.17) is 5.11 Å². The molecule has 8 heteroatoms. The van der Waals surface area contributed by atoms with Gasteiger partial charge in [-0.1, -0.05) is 90.4 Å². The van der Waals surface area contributed by atoms with E-state index in [1.165, 1.54) is 83.5 Å². The Labute approximate surface area is 219 Å². The van der Waals surface area contributed by atoms with Gasteiger partial charge >= 0.3 is 17.9 Å². The zero-order valence-electron chi connectivity index (χ0n) is 23.5. The highest BCUT2D eigenvalue weighted by Gasteiger charge is 2.43. The van der Waals surface area contributed by atoms with E-state index in [0.29, 0.717) is 6.61 Å². The first-order chi connectivity index (χ1) is 17.3. The van der Waals surface area contributed by atoms with Crippen molar-refractivity contribution >= 4 is 17.9 Å². The van der Waals surface area contributed by atoms with E-state index in [2.05, 4.69) is 21.1 Å². The van der Waals surface area contributed by atoms with Crippen LogP contribution in [0.15, 0.2) is 0 Å². The lowest BCUT2D eigenvalue weighted by atomic mass is 9.95. The van der Waals surface area contributed by atoms with E-state index in [0.717, 1.165) is 6.42 Å². The topological polar surface area (TPSA) is 119 Å². The molecule has 2 N–H and O–H groups in total. The van der Waals surface area contributed by atoms with Gasteiger partial charge in [-0.25, -0.2) is 4.79 Å². The van der Waals surface area contributed by atoms with Gasteiger partial charge in [-0.3, -0.25) is 9.59 Å². The summed E-state index contributed by atoms with van der Waals surface area (Å²) in [5.74, 6) is -2.62. The van der Waals surface area contributed by atoms with Crippen LogP contribution < -0.4 is 0 Å². The summed E-state index contributed by atoms with van der Waals surface area (Å²) in [6.45, 7) is 7.62. The molecule has 0 aliphatic rings. The van der Waals surface area contributed by atoms with Gasteiger partial charge in [0.25, 0.3) is 0 Å². The lowest BCUT2D eigenvalue weighted by Gasteiger charge is -2.23. The van der Waals surface area contributed by atoms with E-state index < -0.39 is 36.4 Å². The second kappa shape index (κ2) is 26.4. The number of hydrogen-bond donors (Lipinski definition) is 2. The standard InChI is InChI=1S/C16H34O.C12H20O7/c1-2-3-4-5-6-7-8-9-10-11-12-13-14-15-16-17;1-4-17-9(13)7-12(16,11(15)19-6-3)8-10(14)18-5-2/h17H,2-16H2,1H3;16H,4-8H2,1-3H3. The van der Waals surface area contributed by atoms with Gasteiger partial charge in [-0.2, -0.15) is 0 Å². The molecule has 0 spiro atoms. The summed E-state index contributed by atoms with van der Waals surface area (Å²) in [4.78, 5) is 34.4. The third kappa shape index (κ3) is 22.8. The Kier molecular flexibility index (Phi) is 26.8. The molecule has 0 radical (unpaired) electrons. The minimum Gasteiger partial charge on any atom is -0.466 e. The van der Waals surface area contributed by atoms with Crippen LogP contribution in [0.3, 0.4) is 0 Å². The second-order valence-electron chi connectivity index (χ2n) is 9.04. The van der Waals surface area contributed by atoms with Crippen molar-refractivity contribution in [1.29, 1.82) is 0 Å². The number of rotatable bonds is 22. The van der Waals surface area contributed by atoms with E-state index in [1.54, 1.807) is 20.8 Å². The maximum absolute atomic E-state index is 11.7. The molecule has 0 heterocycles. The molecule has 0 unspecified atom stereocenters. The fraction of sp³-hybridized carbons (Fsp3) is 0.893. The lowest BCUT2D eigenvalue weighted by Crippen LogP contribution is -2.44. The third-order valence-corrected chi connectivity index (χ3v) is 5.65. The summed E-state index contributed by atoms with van der Waals surface area (Å²) in [5.41, 5.74) is -2.26. The molecule has 8 nitrogen and oxygen atoms in total. The molecule has 0 bridgehead atoms. The van der Waals surface area contributed by atoms with Crippen LogP contribution in [0.4, 0.5) is 0 Å². The lowest BCUT2D eigenvalue weighted by molar-refractivity contribution is -0.177. The largest absolute Gasteiger partial charge is 0.466 e. The molecule has 214 valence electrons. The van der Waals surface area contributed by atoms with Crippen molar-refractivity contribution in [3.8, 4) is 0 Å². The van der Waals surface area contributed by atoms with Gasteiger partial charge in [0.2, 0.25) is 0 Å². The van der Waals surface area contributed by atoms with E-state index in [-0.39, 0.29) is 19.8 Å². The Hall–Kier alpha value is -1.67. The number of aliphatic hydroxyl groups is 2. The van der Waals surface area contributed by atoms with Gasteiger partial charge in [0.05, 0.1) is 32.7 Å². The minimum atomic E-state index is -2.26. The molecule has 0 aromatic heterocycles. The van der Waals surface area contributed by atoms with E-state index >= 15 is 0 Å². The Morgan fingerprint density at radius 2 is 0.889 bits per heavy atom. The Balaban J connectivity index is 0. The fourth-order valence-corrected chi connectivity index (χ4v) is 3.68. The van der Waals surface area contributed by atoms with Crippen molar-refractivity contribution in [2.45, 2.75) is 136 Å². The normalized spacial score (nSPS) is 10.8. The summed E-state index contributed by atoms with van der Waals surface area (Å²) in [5, 5.41) is 18.8. The van der Waals surface area contributed by atoms with Crippen LogP contribution in [-0.2, 0) is 28.6 Å². The third-order valence-electron chi connectivity index (χ3n) is 5.65. The molecule has 0 rings (SSSR count). The maximum Gasteiger partial charge on any atom is 0.339 e. The summed E-state index contributed by atoms with van der Waals surface area (Å²) < 4.78 is 14.0. The summed E-state index contributed by atoms with van der Waals surface area (Å²) in [6.07, 6.45) is 17.9. The highest BCUT2D eigenvalue weighted by atomic mass is 16.6. The molecule has 0 saturated carbocycles. The molecule has 0 aromatic rings. The Morgan fingerprint density at radius 3 is 1.19 bits per heavy atom. The number of carbonyl (C=O) groups excluding carboxylic acids is 3. The second-order valence-corrected chi connectivity index (χ2v) is 9.04. The average Bonchev–Trinajstić information content (AvgIpc) is 2.83. The predicted molar refractivity (Wildman–Crippen MR) is 141 cm³/mol. The number of ether oxygens (including phenoxy) is 3. The van der Waals surface area contributed by atoms with E-state index in [1.807, 2.05) is 0 Å². The highest BCUT2D eigenvalue weighted by molar-refractivity contribution is 5.90. The first-order valence-electron chi connectivity index (χ1n) is 14.1. The highest BCUT2D eigenvalue weighted by Crippen LogP contribution is 2.20. The Morgan fingerprint density at radius 1 is 0.556 bits per heavy atom. The van der Waals surface area contributed by atoms with Crippen LogP contribution >= 0.6 is 0 Å². The molecule has 0 aromatic carbocycles. The molecule has 0 fully saturated rings. The molecule has 0 atom stereocenters. The molecule has 0 amide bonds. The van der Waals surface area contributed by atoms with Crippen LogP contribution in [0.1, 0.15) is 130 Å². The van der Waals surface area contributed by atoms with Gasteiger partial charge in [0.1, 0.15) is 0 Å². The van der Waals surface area contributed by atoms with Crippen molar-refractivity contribution in [3.05, 3.63) is 0 Å². The van der Waals surface area contributed by atoms with Crippen molar-refractivity contribution < 1.29 is 38.8 Å². The molecular weight excluding hydrogens is 464 g/mol. The van der Waals surface area contributed by atoms with Crippen LogP contribution in [0.25, 0.3) is 0 Å². The Bertz CT molecular complexity index is 502. The summed E-state index contributed by atoms with van der Waals surface area (Å²) in [6, 6.07) is 0. The zero-order chi connectivity index (χ0) is 27.5. The van der Waals surface area contributed by atoms with Crippen LogP contribution in [0.5, 0.6) is 0 Å².